The highest BCUT2D eigenvalue weighted by atomic mass is 35.5. The fourth-order valence-electron chi connectivity index (χ4n) is 1.23. The third-order valence-corrected chi connectivity index (χ3v) is 2.69. The van der Waals surface area contributed by atoms with Crippen molar-refractivity contribution in [1.82, 2.24) is 0 Å². The van der Waals surface area contributed by atoms with Crippen LogP contribution in [0.4, 0.5) is 5.69 Å². The first kappa shape index (κ1) is 15.8. The fourth-order valence-corrected chi connectivity index (χ4v) is 1.57. The summed E-state index contributed by atoms with van der Waals surface area (Å²) < 4.78 is 9.44. The highest BCUT2D eigenvalue weighted by Crippen LogP contribution is 2.25. The van der Waals surface area contributed by atoms with E-state index in [1.807, 2.05) is 0 Å². The van der Waals surface area contributed by atoms with Crippen LogP contribution in [0, 0.1) is 0 Å². The molecule has 104 valence electrons. The molecule has 1 rings (SSSR count). The number of esters is 1. The maximum absolute atomic E-state index is 11.8. The summed E-state index contributed by atoms with van der Waals surface area (Å²) in [4.78, 5) is 22.9. The Morgan fingerprint density at radius 3 is 2.68 bits per heavy atom. The van der Waals surface area contributed by atoms with E-state index in [4.69, 9.17) is 27.9 Å². The molecule has 0 fully saturated rings. The number of hydrogen-bond acceptors (Lipinski definition) is 4. The number of methoxy groups -OCH3 is 1. The van der Waals surface area contributed by atoms with Crippen LogP contribution in [-0.2, 0) is 19.1 Å². The van der Waals surface area contributed by atoms with Gasteiger partial charge in [0.15, 0.2) is 6.10 Å². The summed E-state index contributed by atoms with van der Waals surface area (Å²) in [5.74, 6) is -1.13. The van der Waals surface area contributed by atoms with Gasteiger partial charge in [0.2, 0.25) is 0 Å². The number of halogens is 2. The van der Waals surface area contributed by atoms with Gasteiger partial charge in [0, 0.05) is 12.1 Å². The average Bonchev–Trinajstić information content (AvgIpc) is 2.34. The van der Waals surface area contributed by atoms with E-state index in [1.165, 1.54) is 20.1 Å². The molecule has 1 atom stereocenters. The Kier molecular flexibility index (Phi) is 6.08. The molecule has 0 aromatic heterocycles. The second-order valence-electron chi connectivity index (χ2n) is 3.68. The molecule has 0 saturated carbocycles. The van der Waals surface area contributed by atoms with E-state index >= 15 is 0 Å². The summed E-state index contributed by atoms with van der Waals surface area (Å²) in [6, 6.07) is 4.66. The molecule has 0 heterocycles. The van der Waals surface area contributed by atoms with Crippen molar-refractivity contribution in [3.05, 3.63) is 28.2 Å². The maximum Gasteiger partial charge on any atom is 0.332 e. The maximum atomic E-state index is 11.8. The van der Waals surface area contributed by atoms with Crippen LogP contribution < -0.4 is 5.32 Å². The molecule has 0 aliphatic carbocycles. The smallest absolute Gasteiger partial charge is 0.332 e. The molecule has 1 aromatic carbocycles. The summed E-state index contributed by atoms with van der Waals surface area (Å²) in [6.07, 6.45) is -0.960. The summed E-state index contributed by atoms with van der Waals surface area (Å²) in [5, 5.41) is 3.30. The minimum Gasteiger partial charge on any atom is -0.451 e. The average molecular weight is 306 g/mol. The Morgan fingerprint density at radius 2 is 2.05 bits per heavy atom. The molecule has 7 heteroatoms. The third kappa shape index (κ3) is 5.06. The van der Waals surface area contributed by atoms with Gasteiger partial charge < -0.3 is 14.8 Å². The predicted molar refractivity (Wildman–Crippen MR) is 72.5 cm³/mol. The van der Waals surface area contributed by atoms with Gasteiger partial charge in [0.25, 0.3) is 5.91 Å². The van der Waals surface area contributed by atoms with E-state index in [9.17, 15) is 9.59 Å². The lowest BCUT2D eigenvalue weighted by atomic mass is 10.3. The summed E-state index contributed by atoms with van der Waals surface area (Å²) in [6.45, 7) is 1.23. The zero-order chi connectivity index (χ0) is 14.4. The van der Waals surface area contributed by atoms with Crippen molar-refractivity contribution in [2.45, 2.75) is 13.0 Å². The lowest BCUT2D eigenvalue weighted by Gasteiger charge is -2.14. The number of anilines is 1. The molecule has 0 bridgehead atoms. The van der Waals surface area contributed by atoms with E-state index in [0.717, 1.165) is 0 Å². The van der Waals surface area contributed by atoms with Crippen molar-refractivity contribution < 1.29 is 19.1 Å². The Hall–Kier alpha value is -1.30. The Morgan fingerprint density at radius 1 is 1.37 bits per heavy atom. The molecule has 1 N–H and O–H groups in total. The molecule has 5 nitrogen and oxygen atoms in total. The van der Waals surface area contributed by atoms with E-state index in [-0.39, 0.29) is 6.61 Å². The van der Waals surface area contributed by atoms with Crippen LogP contribution in [-0.4, -0.2) is 31.7 Å². The highest BCUT2D eigenvalue weighted by Gasteiger charge is 2.18. The van der Waals surface area contributed by atoms with Crippen molar-refractivity contribution in [2.75, 3.05) is 19.0 Å². The molecule has 1 aromatic rings. The first-order valence-corrected chi connectivity index (χ1v) is 6.14. The fraction of sp³-hybridized carbons (Fsp3) is 0.333. The highest BCUT2D eigenvalue weighted by molar-refractivity contribution is 6.35. The van der Waals surface area contributed by atoms with Crippen molar-refractivity contribution in [3.8, 4) is 0 Å². The van der Waals surface area contributed by atoms with Gasteiger partial charge in [-0.2, -0.15) is 0 Å². The van der Waals surface area contributed by atoms with Gasteiger partial charge in [-0.1, -0.05) is 23.2 Å². The topological polar surface area (TPSA) is 64.6 Å². The van der Waals surface area contributed by atoms with Crippen molar-refractivity contribution in [3.63, 3.8) is 0 Å². The summed E-state index contributed by atoms with van der Waals surface area (Å²) in [7, 11) is 1.36. The summed E-state index contributed by atoms with van der Waals surface area (Å²) >= 11 is 11.7. The molecule has 1 amide bonds. The number of ether oxygens (including phenoxy) is 2. The molecule has 19 heavy (non-hydrogen) atoms. The number of carbonyl (C=O) groups is 2. The summed E-state index contributed by atoms with van der Waals surface area (Å²) in [5.41, 5.74) is 0.355. The van der Waals surface area contributed by atoms with Gasteiger partial charge in [-0.25, -0.2) is 4.79 Å². The lowest BCUT2D eigenvalue weighted by molar-refractivity contribution is -0.156. The first-order chi connectivity index (χ1) is 8.93. The Bertz CT molecular complexity index is 479. The monoisotopic (exact) mass is 305 g/mol. The molecule has 0 radical (unpaired) electrons. The number of nitrogens with one attached hydrogen (secondary N) is 1. The second-order valence-corrected chi connectivity index (χ2v) is 4.52. The number of rotatable bonds is 5. The van der Waals surface area contributed by atoms with Gasteiger partial charge in [-0.3, -0.25) is 4.79 Å². The van der Waals surface area contributed by atoms with Gasteiger partial charge in [0.1, 0.15) is 6.61 Å². The van der Waals surface area contributed by atoms with Crippen molar-refractivity contribution >= 4 is 40.8 Å². The Labute approximate surface area is 120 Å². The van der Waals surface area contributed by atoms with Gasteiger partial charge in [-0.05, 0) is 25.1 Å². The normalized spacial score (nSPS) is 11.8. The number of hydrogen-bond donors (Lipinski definition) is 1. The van der Waals surface area contributed by atoms with E-state index in [1.54, 1.807) is 12.1 Å². The lowest BCUT2D eigenvalue weighted by Crippen LogP contribution is -2.31. The molecule has 0 saturated heterocycles. The van der Waals surface area contributed by atoms with E-state index in [2.05, 4.69) is 10.1 Å². The number of amides is 1. The zero-order valence-corrected chi connectivity index (χ0v) is 11.9. The van der Waals surface area contributed by atoms with Crippen LogP contribution >= 0.6 is 23.2 Å². The van der Waals surface area contributed by atoms with Crippen molar-refractivity contribution in [2.24, 2.45) is 0 Å². The molecule has 0 spiro atoms. The molecular weight excluding hydrogens is 293 g/mol. The number of carbonyl (C=O) groups excluding carboxylic acids is 2. The van der Waals surface area contributed by atoms with Gasteiger partial charge >= 0.3 is 5.97 Å². The minimum atomic E-state index is -0.960. The van der Waals surface area contributed by atoms with Crippen molar-refractivity contribution in [1.29, 1.82) is 0 Å². The molecule has 0 aliphatic heterocycles. The van der Waals surface area contributed by atoms with Crippen LogP contribution in [0.2, 0.25) is 10.0 Å². The van der Waals surface area contributed by atoms with Gasteiger partial charge in [-0.15, -0.1) is 0 Å². The molecule has 0 unspecified atom stereocenters. The largest absolute Gasteiger partial charge is 0.451 e. The van der Waals surface area contributed by atoms with Crippen LogP contribution in [0.15, 0.2) is 18.2 Å². The van der Waals surface area contributed by atoms with E-state index in [0.29, 0.717) is 15.7 Å². The SMILES string of the molecule is COCC(=O)O[C@H](C)C(=O)Nc1cc(Cl)ccc1Cl. The van der Waals surface area contributed by atoms with Crippen LogP contribution in [0.25, 0.3) is 0 Å². The van der Waals surface area contributed by atoms with Crippen LogP contribution in [0.1, 0.15) is 6.92 Å². The zero-order valence-electron chi connectivity index (χ0n) is 10.4. The quantitative estimate of drug-likeness (QED) is 0.849. The molecular formula is C12H13Cl2NO4. The third-order valence-electron chi connectivity index (χ3n) is 2.13. The second kappa shape index (κ2) is 7.33. The Balaban J connectivity index is 2.63. The predicted octanol–water partition coefficient (Wildman–Crippen LogP) is 2.51. The minimum absolute atomic E-state index is 0.213. The van der Waals surface area contributed by atoms with Crippen LogP contribution in [0.3, 0.4) is 0 Å². The number of benzene rings is 1. The van der Waals surface area contributed by atoms with Gasteiger partial charge in [0.05, 0.1) is 10.7 Å². The van der Waals surface area contributed by atoms with Crippen LogP contribution in [0.5, 0.6) is 0 Å². The standard InChI is InChI=1S/C12H13Cl2NO4/c1-7(19-11(16)6-18-2)12(17)15-10-5-8(13)3-4-9(10)14/h3-5,7H,6H2,1-2H3,(H,15,17)/t7-/m1/s1. The molecule has 0 aliphatic rings. The first-order valence-electron chi connectivity index (χ1n) is 5.38. The van der Waals surface area contributed by atoms with E-state index < -0.39 is 18.0 Å².